The molecule has 1 saturated heterocycles. The van der Waals surface area contributed by atoms with Gasteiger partial charge in [-0.05, 0) is 38.5 Å². The van der Waals surface area contributed by atoms with Gasteiger partial charge in [0.2, 0.25) is 0 Å². The largest absolute Gasteiger partial charge is 0.497 e. The first kappa shape index (κ1) is 15.3. The molecule has 0 aliphatic carbocycles. The molecule has 2 N–H and O–H groups in total. The standard InChI is InChI=1S/C16H26N2O2/c1-12-10-18(11-16(2,3)20-12)15(9-17)13-6-5-7-14(8-13)19-4/h5-8,12,15H,9-11,17H2,1-4H3. The lowest BCUT2D eigenvalue weighted by molar-refractivity contribution is -0.137. The van der Waals surface area contributed by atoms with E-state index in [1.54, 1.807) is 7.11 Å². The van der Waals surface area contributed by atoms with Gasteiger partial charge in [-0.1, -0.05) is 12.1 Å². The summed E-state index contributed by atoms with van der Waals surface area (Å²) in [5, 5.41) is 0. The molecule has 2 atom stereocenters. The summed E-state index contributed by atoms with van der Waals surface area (Å²) in [4.78, 5) is 2.42. The van der Waals surface area contributed by atoms with Crippen LogP contribution in [0.4, 0.5) is 0 Å². The third-order valence-electron chi connectivity index (χ3n) is 3.74. The van der Waals surface area contributed by atoms with Crippen LogP contribution in [-0.2, 0) is 4.74 Å². The fraction of sp³-hybridized carbons (Fsp3) is 0.625. The van der Waals surface area contributed by atoms with Crippen molar-refractivity contribution in [3.63, 3.8) is 0 Å². The number of hydrogen-bond donors (Lipinski definition) is 1. The molecule has 1 aromatic rings. The molecule has 0 spiro atoms. The van der Waals surface area contributed by atoms with Gasteiger partial charge in [-0.25, -0.2) is 0 Å². The maximum absolute atomic E-state index is 6.04. The van der Waals surface area contributed by atoms with E-state index in [1.165, 1.54) is 5.56 Å². The Morgan fingerprint density at radius 3 is 2.85 bits per heavy atom. The number of nitrogens with zero attached hydrogens (tertiary/aromatic N) is 1. The summed E-state index contributed by atoms with van der Waals surface area (Å²) in [5.41, 5.74) is 7.11. The third-order valence-corrected chi connectivity index (χ3v) is 3.74. The van der Waals surface area contributed by atoms with Crippen LogP contribution in [0.1, 0.15) is 32.4 Å². The van der Waals surface area contributed by atoms with E-state index in [-0.39, 0.29) is 17.7 Å². The lowest BCUT2D eigenvalue weighted by Gasteiger charge is -2.45. The number of hydrogen-bond acceptors (Lipinski definition) is 4. The number of rotatable bonds is 4. The molecular weight excluding hydrogens is 252 g/mol. The molecule has 0 radical (unpaired) electrons. The van der Waals surface area contributed by atoms with E-state index in [2.05, 4.69) is 37.8 Å². The summed E-state index contributed by atoms with van der Waals surface area (Å²) in [6.07, 6.45) is 0.221. The summed E-state index contributed by atoms with van der Waals surface area (Å²) in [5.74, 6) is 0.876. The Morgan fingerprint density at radius 1 is 1.50 bits per heavy atom. The number of morpholine rings is 1. The minimum atomic E-state index is -0.135. The molecule has 0 bridgehead atoms. The highest BCUT2D eigenvalue weighted by Gasteiger charge is 2.34. The van der Waals surface area contributed by atoms with Gasteiger partial charge >= 0.3 is 0 Å². The summed E-state index contributed by atoms with van der Waals surface area (Å²) >= 11 is 0. The minimum Gasteiger partial charge on any atom is -0.497 e. The molecule has 112 valence electrons. The van der Waals surface area contributed by atoms with Crippen LogP contribution in [-0.4, -0.2) is 43.3 Å². The van der Waals surface area contributed by atoms with Crippen molar-refractivity contribution in [2.24, 2.45) is 5.73 Å². The first-order valence-electron chi connectivity index (χ1n) is 7.21. The maximum Gasteiger partial charge on any atom is 0.119 e. The van der Waals surface area contributed by atoms with Crippen molar-refractivity contribution >= 4 is 0 Å². The molecule has 1 aliphatic rings. The SMILES string of the molecule is COc1cccc(C(CN)N2CC(C)OC(C)(C)C2)c1. The van der Waals surface area contributed by atoms with Crippen LogP contribution in [0.15, 0.2) is 24.3 Å². The molecule has 20 heavy (non-hydrogen) atoms. The monoisotopic (exact) mass is 278 g/mol. The lowest BCUT2D eigenvalue weighted by Crippen LogP contribution is -2.53. The van der Waals surface area contributed by atoms with E-state index in [4.69, 9.17) is 15.2 Å². The quantitative estimate of drug-likeness (QED) is 0.917. The highest BCUT2D eigenvalue weighted by molar-refractivity contribution is 5.31. The number of methoxy groups -OCH3 is 1. The van der Waals surface area contributed by atoms with Crippen molar-refractivity contribution in [1.29, 1.82) is 0 Å². The number of benzene rings is 1. The van der Waals surface area contributed by atoms with E-state index in [0.717, 1.165) is 18.8 Å². The van der Waals surface area contributed by atoms with Crippen molar-refractivity contribution < 1.29 is 9.47 Å². The van der Waals surface area contributed by atoms with Gasteiger partial charge in [-0.15, -0.1) is 0 Å². The van der Waals surface area contributed by atoms with Crippen LogP contribution in [0.5, 0.6) is 5.75 Å². The Kier molecular flexibility index (Phi) is 4.68. The van der Waals surface area contributed by atoms with Crippen molar-refractivity contribution in [3.8, 4) is 5.75 Å². The molecule has 2 rings (SSSR count). The van der Waals surface area contributed by atoms with E-state index in [1.807, 2.05) is 12.1 Å². The average Bonchev–Trinajstić information content (AvgIpc) is 2.37. The smallest absolute Gasteiger partial charge is 0.119 e. The highest BCUT2D eigenvalue weighted by atomic mass is 16.5. The summed E-state index contributed by atoms with van der Waals surface area (Å²) < 4.78 is 11.3. The minimum absolute atomic E-state index is 0.135. The second-order valence-corrected chi connectivity index (χ2v) is 6.15. The van der Waals surface area contributed by atoms with Crippen molar-refractivity contribution in [2.45, 2.75) is 38.5 Å². The van der Waals surface area contributed by atoms with Gasteiger partial charge in [0, 0.05) is 25.7 Å². The molecule has 4 nitrogen and oxygen atoms in total. The average molecular weight is 278 g/mol. The normalized spacial score (nSPS) is 24.4. The Labute approximate surface area is 121 Å². The van der Waals surface area contributed by atoms with E-state index >= 15 is 0 Å². The van der Waals surface area contributed by atoms with Gasteiger partial charge < -0.3 is 15.2 Å². The topological polar surface area (TPSA) is 47.7 Å². The van der Waals surface area contributed by atoms with Crippen molar-refractivity contribution in [2.75, 3.05) is 26.7 Å². The molecule has 1 aliphatic heterocycles. The zero-order valence-corrected chi connectivity index (χ0v) is 12.9. The number of nitrogens with two attached hydrogens (primary N) is 1. The van der Waals surface area contributed by atoms with Crippen LogP contribution >= 0.6 is 0 Å². The lowest BCUT2D eigenvalue weighted by atomic mass is 9.99. The van der Waals surface area contributed by atoms with Gasteiger partial charge in [0.05, 0.1) is 18.8 Å². The molecule has 0 saturated carbocycles. The molecule has 0 amide bonds. The van der Waals surface area contributed by atoms with Crippen molar-refractivity contribution in [1.82, 2.24) is 4.90 Å². The second kappa shape index (κ2) is 6.12. The molecule has 4 heteroatoms. The van der Waals surface area contributed by atoms with Crippen LogP contribution in [0, 0.1) is 0 Å². The molecule has 1 aromatic carbocycles. The fourth-order valence-corrected chi connectivity index (χ4v) is 3.09. The second-order valence-electron chi connectivity index (χ2n) is 6.15. The summed E-state index contributed by atoms with van der Waals surface area (Å²) in [6.45, 7) is 8.77. The summed E-state index contributed by atoms with van der Waals surface area (Å²) in [6, 6.07) is 8.38. The van der Waals surface area contributed by atoms with Crippen LogP contribution < -0.4 is 10.5 Å². The van der Waals surface area contributed by atoms with Gasteiger partial charge in [-0.3, -0.25) is 4.90 Å². The zero-order valence-electron chi connectivity index (χ0n) is 12.9. The first-order valence-corrected chi connectivity index (χ1v) is 7.21. The van der Waals surface area contributed by atoms with E-state index < -0.39 is 0 Å². The molecule has 2 unspecified atom stereocenters. The Hall–Kier alpha value is -1.10. The van der Waals surface area contributed by atoms with Gasteiger partial charge in [0.15, 0.2) is 0 Å². The van der Waals surface area contributed by atoms with Crippen LogP contribution in [0.3, 0.4) is 0 Å². The Bertz CT molecular complexity index is 448. The maximum atomic E-state index is 6.04. The third kappa shape index (κ3) is 3.51. The first-order chi connectivity index (χ1) is 9.45. The number of ether oxygens (including phenoxy) is 2. The predicted molar refractivity (Wildman–Crippen MR) is 81.0 cm³/mol. The zero-order chi connectivity index (χ0) is 14.8. The predicted octanol–water partition coefficient (Wildman–Crippen LogP) is 2.19. The van der Waals surface area contributed by atoms with E-state index in [0.29, 0.717) is 6.54 Å². The molecule has 1 heterocycles. The fourth-order valence-electron chi connectivity index (χ4n) is 3.09. The van der Waals surface area contributed by atoms with Gasteiger partial charge in [0.1, 0.15) is 5.75 Å². The Balaban J connectivity index is 2.22. The van der Waals surface area contributed by atoms with Gasteiger partial charge in [-0.2, -0.15) is 0 Å². The van der Waals surface area contributed by atoms with Crippen LogP contribution in [0.25, 0.3) is 0 Å². The van der Waals surface area contributed by atoms with Gasteiger partial charge in [0.25, 0.3) is 0 Å². The highest BCUT2D eigenvalue weighted by Crippen LogP contribution is 2.29. The molecule has 0 aromatic heterocycles. The molecule has 1 fully saturated rings. The van der Waals surface area contributed by atoms with Crippen molar-refractivity contribution in [3.05, 3.63) is 29.8 Å². The Morgan fingerprint density at radius 2 is 2.25 bits per heavy atom. The van der Waals surface area contributed by atoms with E-state index in [9.17, 15) is 0 Å². The summed E-state index contributed by atoms with van der Waals surface area (Å²) in [7, 11) is 1.69. The molecular formula is C16H26N2O2. The van der Waals surface area contributed by atoms with Crippen LogP contribution in [0.2, 0.25) is 0 Å².